The van der Waals surface area contributed by atoms with Gasteiger partial charge in [-0.2, -0.15) is 0 Å². The Labute approximate surface area is 207 Å². The average Bonchev–Trinajstić information content (AvgIpc) is 3.33. The van der Waals surface area contributed by atoms with E-state index in [1.807, 2.05) is 12.1 Å². The molecule has 3 heterocycles. The molecule has 1 atom stereocenters. The zero-order chi connectivity index (χ0) is 25.2. The first-order valence-electron chi connectivity index (χ1n) is 12.0. The number of fused-ring (bicyclic) bond motifs is 1. The minimum absolute atomic E-state index is 0.213. The number of nitrogens with one attached hydrogen (secondary N) is 1. The Bertz CT molecular complexity index is 1410. The number of ether oxygens (including phenoxy) is 2. The number of hydrogen-bond donors (Lipinski definition) is 1. The lowest BCUT2D eigenvalue weighted by Gasteiger charge is -2.35. The lowest BCUT2D eigenvalue weighted by molar-refractivity contribution is 0.149. The van der Waals surface area contributed by atoms with Crippen molar-refractivity contribution in [1.29, 1.82) is 0 Å². The van der Waals surface area contributed by atoms with E-state index in [-0.39, 0.29) is 11.4 Å². The van der Waals surface area contributed by atoms with Crippen LogP contribution in [0.15, 0.2) is 47.3 Å². The van der Waals surface area contributed by atoms with Gasteiger partial charge in [0.05, 0.1) is 26.3 Å². The lowest BCUT2D eigenvalue weighted by atomic mass is 9.95. The second-order valence-electron chi connectivity index (χ2n) is 9.29. The highest BCUT2D eigenvalue weighted by molar-refractivity contribution is 5.83. The van der Waals surface area contributed by atoms with Gasteiger partial charge in [0.1, 0.15) is 11.9 Å². The van der Waals surface area contributed by atoms with E-state index in [9.17, 15) is 9.18 Å². The van der Waals surface area contributed by atoms with E-state index in [0.717, 1.165) is 36.9 Å². The van der Waals surface area contributed by atoms with E-state index in [1.165, 1.54) is 12.1 Å². The molecule has 4 aromatic rings. The van der Waals surface area contributed by atoms with Gasteiger partial charge in [0.2, 0.25) is 0 Å². The van der Waals surface area contributed by atoms with Crippen molar-refractivity contribution in [3.8, 4) is 11.5 Å². The number of H-pyrrole nitrogens is 1. The Morgan fingerprint density at radius 1 is 1.08 bits per heavy atom. The number of hydrogen-bond acceptors (Lipinski definition) is 7. The van der Waals surface area contributed by atoms with Crippen molar-refractivity contribution in [2.45, 2.75) is 32.4 Å². The molecule has 1 N–H and O–H groups in total. The lowest BCUT2D eigenvalue weighted by Crippen LogP contribution is -2.40. The molecule has 2 aromatic carbocycles. The van der Waals surface area contributed by atoms with Crippen LogP contribution in [0, 0.1) is 11.7 Å². The number of tetrazole rings is 1. The number of methoxy groups -OCH3 is 2. The summed E-state index contributed by atoms with van der Waals surface area (Å²) in [5.74, 6) is 2.00. The van der Waals surface area contributed by atoms with Gasteiger partial charge in [0.15, 0.2) is 17.3 Å². The monoisotopic (exact) mass is 492 g/mol. The Morgan fingerprint density at radius 2 is 1.78 bits per heavy atom. The number of halogens is 1. The average molecular weight is 493 g/mol. The largest absolute Gasteiger partial charge is 0.493 e. The smallest absolute Gasteiger partial charge is 0.253 e. The van der Waals surface area contributed by atoms with E-state index in [0.29, 0.717) is 40.9 Å². The molecule has 0 radical (unpaired) electrons. The van der Waals surface area contributed by atoms with E-state index in [1.54, 1.807) is 37.1 Å². The molecule has 0 saturated carbocycles. The van der Waals surface area contributed by atoms with E-state index >= 15 is 0 Å². The summed E-state index contributed by atoms with van der Waals surface area (Å²) in [6.45, 7) is 4.24. The summed E-state index contributed by atoms with van der Waals surface area (Å²) in [5, 5.41) is 13.4. The second kappa shape index (κ2) is 10.1. The Kier molecular flexibility index (Phi) is 6.69. The second-order valence-corrected chi connectivity index (χ2v) is 9.29. The fraction of sp³-hybridized carbons (Fsp3) is 0.385. The number of rotatable bonds is 7. The van der Waals surface area contributed by atoms with Crippen molar-refractivity contribution in [3.63, 3.8) is 0 Å². The van der Waals surface area contributed by atoms with Crippen molar-refractivity contribution < 1.29 is 13.9 Å². The van der Waals surface area contributed by atoms with Crippen molar-refractivity contribution in [3.05, 3.63) is 75.6 Å². The Balaban J connectivity index is 1.61. The molecule has 0 aliphatic carbocycles. The van der Waals surface area contributed by atoms with Crippen LogP contribution in [0.4, 0.5) is 4.39 Å². The van der Waals surface area contributed by atoms with E-state index in [4.69, 9.17) is 9.47 Å². The molecule has 188 valence electrons. The van der Waals surface area contributed by atoms with Crippen LogP contribution in [0.1, 0.15) is 42.8 Å². The number of pyridine rings is 1. The third-order valence-corrected chi connectivity index (χ3v) is 6.90. The van der Waals surface area contributed by atoms with Gasteiger partial charge in [-0.05, 0) is 72.1 Å². The fourth-order valence-corrected chi connectivity index (χ4v) is 4.82. The Morgan fingerprint density at radius 3 is 2.47 bits per heavy atom. The SMILES string of the molecule is COc1cc2cc(C(c3nnnn3Cc3ccc(F)cc3)N3CCC(C)CC3)c(=O)[nH]c2cc1OC. The summed E-state index contributed by atoms with van der Waals surface area (Å²) in [7, 11) is 3.14. The minimum Gasteiger partial charge on any atom is -0.493 e. The summed E-state index contributed by atoms with van der Waals surface area (Å²) in [5.41, 5.74) is 1.85. The maximum absolute atomic E-state index is 13.5. The van der Waals surface area contributed by atoms with Gasteiger partial charge in [-0.3, -0.25) is 9.69 Å². The van der Waals surface area contributed by atoms with Gasteiger partial charge in [0.25, 0.3) is 5.56 Å². The molecule has 10 heteroatoms. The predicted molar refractivity (Wildman–Crippen MR) is 133 cm³/mol. The fourth-order valence-electron chi connectivity index (χ4n) is 4.82. The van der Waals surface area contributed by atoms with Gasteiger partial charge in [0, 0.05) is 17.0 Å². The van der Waals surface area contributed by atoms with Crippen LogP contribution in [0.25, 0.3) is 10.9 Å². The molecular weight excluding hydrogens is 463 g/mol. The number of aromatic nitrogens is 5. The number of piperidine rings is 1. The number of nitrogens with zero attached hydrogens (tertiary/aromatic N) is 5. The van der Waals surface area contributed by atoms with E-state index in [2.05, 4.69) is 32.3 Å². The highest BCUT2D eigenvalue weighted by atomic mass is 19.1. The van der Waals surface area contributed by atoms with Gasteiger partial charge >= 0.3 is 0 Å². The molecule has 0 spiro atoms. The maximum Gasteiger partial charge on any atom is 0.253 e. The quantitative estimate of drug-likeness (QED) is 0.421. The first-order chi connectivity index (χ1) is 17.5. The van der Waals surface area contributed by atoms with Gasteiger partial charge in [-0.15, -0.1) is 5.10 Å². The van der Waals surface area contributed by atoms with Gasteiger partial charge < -0.3 is 14.5 Å². The van der Waals surface area contributed by atoms with E-state index < -0.39 is 6.04 Å². The van der Waals surface area contributed by atoms with Crippen LogP contribution in [-0.2, 0) is 6.54 Å². The summed E-state index contributed by atoms with van der Waals surface area (Å²) in [6.07, 6.45) is 2.04. The van der Waals surface area contributed by atoms with Crippen LogP contribution >= 0.6 is 0 Å². The predicted octanol–water partition coefficient (Wildman–Crippen LogP) is 3.54. The first kappa shape index (κ1) is 23.9. The third kappa shape index (κ3) is 4.68. The molecular formula is C26H29FN6O3. The summed E-state index contributed by atoms with van der Waals surface area (Å²) >= 11 is 0. The zero-order valence-electron chi connectivity index (χ0n) is 20.6. The first-order valence-corrected chi connectivity index (χ1v) is 12.0. The van der Waals surface area contributed by atoms with Gasteiger partial charge in [-0.1, -0.05) is 19.1 Å². The molecule has 36 heavy (non-hydrogen) atoms. The van der Waals surface area contributed by atoms with Crippen molar-refractivity contribution in [2.24, 2.45) is 5.92 Å². The maximum atomic E-state index is 13.5. The highest BCUT2D eigenvalue weighted by Crippen LogP contribution is 2.34. The summed E-state index contributed by atoms with van der Waals surface area (Å²) < 4.78 is 26.0. The number of benzene rings is 2. The van der Waals surface area contributed by atoms with Crippen molar-refractivity contribution in [1.82, 2.24) is 30.1 Å². The molecule has 9 nitrogen and oxygen atoms in total. The Hall–Kier alpha value is -3.79. The zero-order valence-corrected chi connectivity index (χ0v) is 20.6. The molecule has 1 aliphatic heterocycles. The van der Waals surface area contributed by atoms with Crippen LogP contribution < -0.4 is 15.0 Å². The number of likely N-dealkylation sites (tertiary alicyclic amines) is 1. The van der Waals surface area contributed by atoms with Crippen LogP contribution in [0.3, 0.4) is 0 Å². The van der Waals surface area contributed by atoms with Crippen molar-refractivity contribution >= 4 is 10.9 Å². The molecule has 1 aliphatic rings. The van der Waals surface area contributed by atoms with Crippen LogP contribution in [0.2, 0.25) is 0 Å². The number of aromatic amines is 1. The normalized spacial score (nSPS) is 15.8. The van der Waals surface area contributed by atoms with Crippen molar-refractivity contribution in [2.75, 3.05) is 27.3 Å². The van der Waals surface area contributed by atoms with Gasteiger partial charge in [-0.25, -0.2) is 9.07 Å². The summed E-state index contributed by atoms with van der Waals surface area (Å²) in [6, 6.07) is 11.3. The molecule has 0 bridgehead atoms. The minimum atomic E-state index is -0.450. The highest BCUT2D eigenvalue weighted by Gasteiger charge is 2.32. The molecule has 1 saturated heterocycles. The molecule has 5 rings (SSSR count). The summed E-state index contributed by atoms with van der Waals surface area (Å²) in [4.78, 5) is 18.7. The third-order valence-electron chi connectivity index (χ3n) is 6.90. The molecule has 1 fully saturated rings. The molecule has 0 amide bonds. The molecule has 1 unspecified atom stereocenters. The topological polar surface area (TPSA) is 98.2 Å². The van der Waals surface area contributed by atoms with Crippen LogP contribution in [-0.4, -0.2) is 57.4 Å². The standard InChI is InChI=1S/C26H29FN6O3/c1-16-8-10-32(11-9-16)24(25-29-30-31-33(25)15-17-4-6-19(27)7-5-17)20-12-18-13-22(35-2)23(36-3)14-21(18)28-26(20)34/h4-7,12-14,16,24H,8-11,15H2,1-3H3,(H,28,34). The van der Waals surface area contributed by atoms with Crippen LogP contribution in [0.5, 0.6) is 11.5 Å². The molecule has 2 aromatic heterocycles.